The lowest BCUT2D eigenvalue weighted by Gasteiger charge is -2.29. The molecular formula is C10H18ClNO2. The van der Waals surface area contributed by atoms with Gasteiger partial charge in [0.1, 0.15) is 6.04 Å². The second-order valence-electron chi connectivity index (χ2n) is 4.58. The van der Waals surface area contributed by atoms with Gasteiger partial charge in [-0.05, 0) is 37.5 Å². The zero-order valence-electron chi connectivity index (χ0n) is 8.40. The molecule has 4 atom stereocenters. The van der Waals surface area contributed by atoms with Crippen LogP contribution >= 0.6 is 12.4 Å². The van der Waals surface area contributed by atoms with Gasteiger partial charge in [-0.3, -0.25) is 4.79 Å². The van der Waals surface area contributed by atoms with Crippen LogP contribution in [0.4, 0.5) is 0 Å². The zero-order chi connectivity index (χ0) is 9.42. The highest BCUT2D eigenvalue weighted by Crippen LogP contribution is 2.36. The van der Waals surface area contributed by atoms with Crippen LogP contribution < -0.4 is 5.32 Å². The first-order valence-corrected chi connectivity index (χ1v) is 5.15. The Bertz CT molecular complexity index is 222. The Morgan fingerprint density at radius 2 is 2.07 bits per heavy atom. The number of hydrogen-bond donors (Lipinski definition) is 2. The molecule has 0 bridgehead atoms. The molecular weight excluding hydrogens is 202 g/mol. The molecule has 1 aliphatic carbocycles. The molecule has 0 aromatic rings. The molecule has 0 radical (unpaired) electrons. The SMILES string of the molecule is CC1CCC2NC(C(=O)O)CC2C1.Cl. The number of nitrogens with one attached hydrogen (secondary N) is 1. The monoisotopic (exact) mass is 219 g/mol. The van der Waals surface area contributed by atoms with Crippen molar-refractivity contribution in [3.8, 4) is 0 Å². The second-order valence-corrected chi connectivity index (χ2v) is 4.58. The molecule has 1 saturated heterocycles. The molecule has 3 nitrogen and oxygen atoms in total. The lowest BCUT2D eigenvalue weighted by atomic mass is 9.79. The quantitative estimate of drug-likeness (QED) is 0.705. The van der Waals surface area contributed by atoms with Gasteiger partial charge < -0.3 is 10.4 Å². The predicted molar refractivity (Wildman–Crippen MR) is 56.7 cm³/mol. The average molecular weight is 220 g/mol. The number of carboxylic acid groups (broad SMARTS) is 1. The maximum absolute atomic E-state index is 10.8. The van der Waals surface area contributed by atoms with E-state index in [1.54, 1.807) is 0 Å². The first-order valence-electron chi connectivity index (χ1n) is 5.15. The van der Waals surface area contributed by atoms with Crippen LogP contribution in [0.2, 0.25) is 0 Å². The third-order valence-electron chi connectivity index (χ3n) is 3.50. The summed E-state index contributed by atoms with van der Waals surface area (Å²) in [5.74, 6) is 0.725. The van der Waals surface area contributed by atoms with Gasteiger partial charge in [0, 0.05) is 6.04 Å². The van der Waals surface area contributed by atoms with E-state index >= 15 is 0 Å². The third-order valence-corrected chi connectivity index (χ3v) is 3.50. The number of fused-ring (bicyclic) bond motifs is 1. The summed E-state index contributed by atoms with van der Waals surface area (Å²) in [5, 5.41) is 12.1. The van der Waals surface area contributed by atoms with Crippen molar-refractivity contribution in [1.29, 1.82) is 0 Å². The maximum Gasteiger partial charge on any atom is 0.320 e. The van der Waals surface area contributed by atoms with Crippen molar-refractivity contribution in [3.05, 3.63) is 0 Å². The van der Waals surface area contributed by atoms with Crippen LogP contribution in [0.15, 0.2) is 0 Å². The van der Waals surface area contributed by atoms with E-state index in [9.17, 15) is 4.79 Å². The summed E-state index contributed by atoms with van der Waals surface area (Å²) in [6.07, 6.45) is 4.46. The normalized spacial score (nSPS) is 41.2. The fraction of sp³-hybridized carbons (Fsp3) is 0.900. The Balaban J connectivity index is 0.000000980. The topological polar surface area (TPSA) is 49.3 Å². The van der Waals surface area contributed by atoms with E-state index in [-0.39, 0.29) is 18.4 Å². The molecule has 0 amide bonds. The molecule has 0 spiro atoms. The summed E-state index contributed by atoms with van der Waals surface area (Å²) in [6.45, 7) is 2.27. The molecule has 2 N–H and O–H groups in total. The minimum absolute atomic E-state index is 0. The van der Waals surface area contributed by atoms with Gasteiger partial charge in [-0.15, -0.1) is 12.4 Å². The van der Waals surface area contributed by atoms with Crippen LogP contribution in [0, 0.1) is 11.8 Å². The lowest BCUT2D eigenvalue weighted by molar-refractivity contribution is -0.139. The van der Waals surface area contributed by atoms with Crippen LogP contribution in [-0.4, -0.2) is 23.2 Å². The molecule has 4 unspecified atom stereocenters. The lowest BCUT2D eigenvalue weighted by Crippen LogP contribution is -2.37. The van der Waals surface area contributed by atoms with Gasteiger partial charge >= 0.3 is 5.97 Å². The zero-order valence-corrected chi connectivity index (χ0v) is 9.22. The van der Waals surface area contributed by atoms with Crippen LogP contribution in [0.1, 0.15) is 32.6 Å². The second kappa shape index (κ2) is 4.49. The molecule has 0 aromatic heterocycles. The fourth-order valence-corrected chi connectivity index (χ4v) is 2.78. The van der Waals surface area contributed by atoms with E-state index in [2.05, 4.69) is 12.2 Å². The summed E-state index contributed by atoms with van der Waals surface area (Å²) in [4.78, 5) is 10.8. The number of hydrogen-bond acceptors (Lipinski definition) is 2. The average Bonchev–Trinajstić information content (AvgIpc) is 2.46. The molecule has 2 rings (SSSR count). The van der Waals surface area contributed by atoms with E-state index < -0.39 is 5.97 Å². The van der Waals surface area contributed by atoms with Crippen LogP contribution in [-0.2, 0) is 4.79 Å². The minimum Gasteiger partial charge on any atom is -0.480 e. The smallest absolute Gasteiger partial charge is 0.320 e. The van der Waals surface area contributed by atoms with Crippen molar-refractivity contribution in [2.45, 2.75) is 44.7 Å². The number of halogens is 1. The highest BCUT2D eigenvalue weighted by Gasteiger charge is 2.39. The first kappa shape index (κ1) is 11.8. The summed E-state index contributed by atoms with van der Waals surface area (Å²) in [6, 6.07) is 0.206. The Hall–Kier alpha value is -0.280. The van der Waals surface area contributed by atoms with Gasteiger partial charge in [0.05, 0.1) is 0 Å². The van der Waals surface area contributed by atoms with Crippen LogP contribution in [0.3, 0.4) is 0 Å². The van der Waals surface area contributed by atoms with Crippen LogP contribution in [0.5, 0.6) is 0 Å². The summed E-state index contributed by atoms with van der Waals surface area (Å²) < 4.78 is 0. The Morgan fingerprint density at radius 3 is 2.71 bits per heavy atom. The van der Waals surface area contributed by atoms with Gasteiger partial charge in [-0.2, -0.15) is 0 Å². The van der Waals surface area contributed by atoms with Gasteiger partial charge in [-0.25, -0.2) is 0 Å². The van der Waals surface area contributed by atoms with Gasteiger partial charge in [0.25, 0.3) is 0 Å². The predicted octanol–water partition coefficient (Wildman–Crippen LogP) is 1.66. The highest BCUT2D eigenvalue weighted by molar-refractivity contribution is 5.85. The minimum atomic E-state index is -0.679. The summed E-state index contributed by atoms with van der Waals surface area (Å²) in [7, 11) is 0. The molecule has 4 heteroatoms. The van der Waals surface area contributed by atoms with Crippen molar-refractivity contribution in [1.82, 2.24) is 5.32 Å². The first-order chi connectivity index (χ1) is 6.16. The third kappa shape index (κ3) is 2.20. The van der Waals surface area contributed by atoms with E-state index in [0.717, 1.165) is 18.8 Å². The molecule has 1 aliphatic heterocycles. The maximum atomic E-state index is 10.8. The number of aliphatic carboxylic acids is 1. The summed E-state index contributed by atoms with van der Waals surface area (Å²) >= 11 is 0. The Kier molecular flexibility index (Phi) is 3.78. The molecule has 2 aliphatic rings. The van der Waals surface area contributed by atoms with Gasteiger partial charge in [0.2, 0.25) is 0 Å². The van der Waals surface area contributed by atoms with Crippen molar-refractivity contribution < 1.29 is 9.90 Å². The van der Waals surface area contributed by atoms with Crippen molar-refractivity contribution in [2.24, 2.45) is 11.8 Å². The molecule has 1 saturated carbocycles. The van der Waals surface area contributed by atoms with E-state index in [1.807, 2.05) is 0 Å². The number of rotatable bonds is 1. The fourth-order valence-electron chi connectivity index (χ4n) is 2.78. The molecule has 0 aromatic carbocycles. The van der Waals surface area contributed by atoms with Crippen molar-refractivity contribution >= 4 is 18.4 Å². The highest BCUT2D eigenvalue weighted by atomic mass is 35.5. The van der Waals surface area contributed by atoms with E-state index in [1.165, 1.54) is 12.8 Å². The summed E-state index contributed by atoms with van der Waals surface area (Å²) in [5.41, 5.74) is 0. The standard InChI is InChI=1S/C10H17NO2.ClH/c1-6-2-3-8-7(4-6)5-9(11-8)10(12)13;/h6-9,11H,2-5H2,1H3,(H,12,13);1H. The van der Waals surface area contributed by atoms with Crippen LogP contribution in [0.25, 0.3) is 0 Å². The molecule has 14 heavy (non-hydrogen) atoms. The van der Waals surface area contributed by atoms with Gasteiger partial charge in [0.15, 0.2) is 0 Å². The van der Waals surface area contributed by atoms with Gasteiger partial charge in [-0.1, -0.05) is 6.92 Å². The van der Waals surface area contributed by atoms with Crippen molar-refractivity contribution in [3.63, 3.8) is 0 Å². The largest absolute Gasteiger partial charge is 0.480 e. The van der Waals surface area contributed by atoms with Crippen molar-refractivity contribution in [2.75, 3.05) is 0 Å². The van der Waals surface area contributed by atoms with E-state index in [0.29, 0.717) is 12.0 Å². The number of carboxylic acids is 1. The molecule has 1 heterocycles. The Morgan fingerprint density at radius 1 is 1.36 bits per heavy atom. The Labute approximate surface area is 90.7 Å². The van der Waals surface area contributed by atoms with E-state index in [4.69, 9.17) is 5.11 Å². The molecule has 82 valence electrons. The number of carbonyl (C=O) groups is 1. The molecule has 2 fully saturated rings.